The summed E-state index contributed by atoms with van der Waals surface area (Å²) >= 11 is 0. The normalized spacial score (nSPS) is 10.1. The molecule has 0 unspecified atom stereocenters. The van der Waals surface area contributed by atoms with Gasteiger partial charge in [-0.1, -0.05) is 0 Å². The number of methoxy groups -OCH3 is 2. The van der Waals surface area contributed by atoms with Crippen molar-refractivity contribution in [1.82, 2.24) is 9.88 Å². The summed E-state index contributed by atoms with van der Waals surface area (Å²) in [5.74, 6) is -2.75. The van der Waals surface area contributed by atoms with E-state index in [0.29, 0.717) is 0 Å². The van der Waals surface area contributed by atoms with Crippen LogP contribution in [0.15, 0.2) is 30.5 Å². The first-order valence-corrected chi connectivity index (χ1v) is 8.56. The van der Waals surface area contributed by atoms with Crippen LogP contribution in [0.1, 0.15) is 20.8 Å². The van der Waals surface area contributed by atoms with Crippen molar-refractivity contribution in [2.24, 2.45) is 12.8 Å². The molecule has 160 valence electrons. The number of ether oxygens (including phenoxy) is 4. The van der Waals surface area contributed by atoms with E-state index in [2.05, 4.69) is 5.32 Å². The molecular weight excluding hydrogens is 398 g/mol. The molecule has 0 saturated heterocycles. The molecule has 30 heavy (non-hydrogen) atoms. The molecule has 0 aliphatic heterocycles. The molecule has 0 radical (unpaired) electrons. The fourth-order valence-corrected chi connectivity index (χ4v) is 2.42. The molecule has 11 nitrogen and oxygen atoms in total. The third-order valence-corrected chi connectivity index (χ3v) is 3.82. The lowest BCUT2D eigenvalue weighted by Gasteiger charge is -2.15. The minimum atomic E-state index is -0.866. The highest BCUT2D eigenvalue weighted by Gasteiger charge is 2.20. The second kappa shape index (κ2) is 9.96. The monoisotopic (exact) mass is 419 g/mol. The molecule has 1 aromatic heterocycles. The zero-order valence-electron chi connectivity index (χ0n) is 16.6. The molecule has 3 N–H and O–H groups in total. The number of nitrogens with one attached hydrogen (secondary N) is 1. The quantitative estimate of drug-likeness (QED) is 0.541. The van der Waals surface area contributed by atoms with Crippen LogP contribution >= 0.6 is 0 Å². The number of amides is 3. The van der Waals surface area contributed by atoms with Crippen molar-refractivity contribution in [2.75, 3.05) is 27.4 Å². The number of nitrogens with two attached hydrogens (primary N) is 1. The van der Waals surface area contributed by atoms with Gasteiger partial charge < -0.3 is 29.2 Å². The Labute approximate surface area is 171 Å². The Bertz CT molecular complexity index is 941. The summed E-state index contributed by atoms with van der Waals surface area (Å²) in [5, 5.41) is 2.12. The van der Waals surface area contributed by atoms with E-state index in [9.17, 15) is 19.2 Å². The number of imide groups is 1. The van der Waals surface area contributed by atoms with E-state index < -0.39 is 36.9 Å². The summed E-state index contributed by atoms with van der Waals surface area (Å²) in [6.07, 6.45) is 1.65. The van der Waals surface area contributed by atoms with E-state index in [4.69, 9.17) is 24.7 Å². The Balaban J connectivity index is 2.05. The number of esters is 1. The van der Waals surface area contributed by atoms with Gasteiger partial charge in [-0.2, -0.15) is 0 Å². The van der Waals surface area contributed by atoms with Crippen molar-refractivity contribution in [2.45, 2.75) is 0 Å². The Hall–Kier alpha value is -4.02. The highest BCUT2D eigenvalue weighted by molar-refractivity contribution is 6.04. The molecular formula is C19H21N3O8. The van der Waals surface area contributed by atoms with Crippen LogP contribution in [0.25, 0.3) is 0 Å². The minimum Gasteiger partial charge on any atom is -0.493 e. The van der Waals surface area contributed by atoms with Crippen LogP contribution in [0.3, 0.4) is 0 Å². The zero-order chi connectivity index (χ0) is 22.3. The smallest absolute Gasteiger partial charge is 0.338 e. The van der Waals surface area contributed by atoms with Crippen LogP contribution < -0.4 is 25.3 Å². The molecule has 0 aliphatic carbocycles. The van der Waals surface area contributed by atoms with Gasteiger partial charge in [-0.05, 0) is 24.3 Å². The summed E-state index contributed by atoms with van der Waals surface area (Å²) in [7, 11) is 4.30. The Kier molecular flexibility index (Phi) is 7.39. The van der Waals surface area contributed by atoms with Crippen LogP contribution in [-0.4, -0.2) is 55.7 Å². The van der Waals surface area contributed by atoms with Gasteiger partial charge in [-0.3, -0.25) is 19.7 Å². The number of carbonyl (C=O) groups excluding carboxylic acids is 4. The summed E-state index contributed by atoms with van der Waals surface area (Å²) in [6, 6.07) is 5.76. The number of hydrogen-bond acceptors (Lipinski definition) is 8. The predicted molar refractivity (Wildman–Crippen MR) is 102 cm³/mol. The second-order valence-electron chi connectivity index (χ2n) is 5.92. The summed E-state index contributed by atoms with van der Waals surface area (Å²) in [4.78, 5) is 47.2. The SMILES string of the molecule is COc1cc(C(=O)OCC(=O)NC(=O)c2cccn2C)cc(OC)c1OCC(N)=O. The molecule has 0 fully saturated rings. The van der Waals surface area contributed by atoms with Gasteiger partial charge in [0.2, 0.25) is 5.75 Å². The first-order valence-electron chi connectivity index (χ1n) is 8.56. The van der Waals surface area contributed by atoms with Crippen LogP contribution in [0.2, 0.25) is 0 Å². The van der Waals surface area contributed by atoms with Gasteiger partial charge in [0.15, 0.2) is 24.7 Å². The number of nitrogens with zero attached hydrogens (tertiary/aromatic N) is 1. The van der Waals surface area contributed by atoms with E-state index >= 15 is 0 Å². The van der Waals surface area contributed by atoms with Crippen molar-refractivity contribution in [3.8, 4) is 17.2 Å². The molecule has 2 aromatic rings. The molecule has 1 aromatic carbocycles. The lowest BCUT2D eigenvalue weighted by Crippen LogP contribution is -2.35. The molecule has 11 heteroatoms. The van der Waals surface area contributed by atoms with Crippen molar-refractivity contribution < 1.29 is 38.1 Å². The maximum atomic E-state index is 12.3. The maximum Gasteiger partial charge on any atom is 0.338 e. The molecule has 2 rings (SSSR count). The van der Waals surface area contributed by atoms with E-state index in [0.717, 1.165) is 0 Å². The highest BCUT2D eigenvalue weighted by Crippen LogP contribution is 2.38. The van der Waals surface area contributed by atoms with Crippen molar-refractivity contribution in [1.29, 1.82) is 0 Å². The summed E-state index contributed by atoms with van der Waals surface area (Å²) in [6.45, 7) is -1.11. The fraction of sp³-hybridized carbons (Fsp3) is 0.263. The third-order valence-electron chi connectivity index (χ3n) is 3.82. The van der Waals surface area contributed by atoms with Gasteiger partial charge in [0.1, 0.15) is 5.69 Å². The Morgan fingerprint density at radius 1 is 1.07 bits per heavy atom. The van der Waals surface area contributed by atoms with Gasteiger partial charge in [-0.15, -0.1) is 0 Å². The Morgan fingerprint density at radius 2 is 1.70 bits per heavy atom. The standard InChI is InChI=1S/C19H21N3O8/c1-22-6-4-5-12(22)18(25)21-16(24)10-30-19(26)11-7-13(27-2)17(14(8-11)28-3)29-9-15(20)23/h4-8H,9-10H2,1-3H3,(H2,20,23)(H,21,24,25). The van der Waals surface area contributed by atoms with Crippen LogP contribution in [-0.2, 0) is 21.4 Å². The van der Waals surface area contributed by atoms with Crippen molar-refractivity contribution in [3.05, 3.63) is 41.7 Å². The predicted octanol–water partition coefficient (Wildman–Crippen LogP) is 0.0198. The Morgan fingerprint density at radius 3 is 2.20 bits per heavy atom. The fourth-order valence-electron chi connectivity index (χ4n) is 2.42. The van der Waals surface area contributed by atoms with Crippen molar-refractivity contribution in [3.63, 3.8) is 0 Å². The number of aromatic nitrogens is 1. The van der Waals surface area contributed by atoms with Gasteiger partial charge in [0.05, 0.1) is 19.8 Å². The van der Waals surface area contributed by atoms with E-state index in [1.807, 2.05) is 0 Å². The van der Waals surface area contributed by atoms with Crippen LogP contribution in [0.4, 0.5) is 0 Å². The third kappa shape index (κ3) is 5.50. The van der Waals surface area contributed by atoms with Gasteiger partial charge in [-0.25, -0.2) is 4.79 Å². The van der Waals surface area contributed by atoms with Crippen molar-refractivity contribution >= 4 is 23.7 Å². The highest BCUT2D eigenvalue weighted by atomic mass is 16.5. The summed E-state index contributed by atoms with van der Waals surface area (Å²) < 4.78 is 22.0. The minimum absolute atomic E-state index is 0.00307. The molecule has 3 amide bonds. The molecule has 0 bridgehead atoms. The van der Waals surface area contributed by atoms with Gasteiger partial charge in [0, 0.05) is 13.2 Å². The molecule has 0 aliphatic rings. The maximum absolute atomic E-state index is 12.3. The second-order valence-corrected chi connectivity index (χ2v) is 5.92. The molecule has 0 saturated carbocycles. The number of carbonyl (C=O) groups is 4. The average molecular weight is 419 g/mol. The number of benzene rings is 1. The average Bonchev–Trinajstić information content (AvgIpc) is 3.15. The van der Waals surface area contributed by atoms with Crippen LogP contribution in [0.5, 0.6) is 17.2 Å². The topological polar surface area (TPSA) is 148 Å². The summed E-state index contributed by atoms with van der Waals surface area (Å²) in [5.41, 5.74) is 5.33. The largest absolute Gasteiger partial charge is 0.493 e. The molecule has 0 atom stereocenters. The molecule has 1 heterocycles. The van der Waals surface area contributed by atoms with Crippen LogP contribution in [0, 0.1) is 0 Å². The van der Waals surface area contributed by atoms with E-state index in [1.54, 1.807) is 19.3 Å². The first-order chi connectivity index (χ1) is 14.3. The van der Waals surface area contributed by atoms with Gasteiger partial charge in [0.25, 0.3) is 17.7 Å². The zero-order valence-corrected chi connectivity index (χ0v) is 16.6. The number of primary amides is 1. The van der Waals surface area contributed by atoms with Gasteiger partial charge >= 0.3 is 5.97 Å². The lowest BCUT2D eigenvalue weighted by atomic mass is 10.2. The number of aryl methyl sites for hydroxylation is 1. The molecule has 0 spiro atoms. The lowest BCUT2D eigenvalue weighted by molar-refractivity contribution is -0.123. The first kappa shape index (κ1) is 22.3. The van der Waals surface area contributed by atoms with E-state index in [-0.39, 0.29) is 28.5 Å². The number of rotatable bonds is 9. The van der Waals surface area contributed by atoms with E-state index in [1.165, 1.54) is 37.0 Å². The number of hydrogen-bond donors (Lipinski definition) is 2.